The summed E-state index contributed by atoms with van der Waals surface area (Å²) >= 11 is 1.48. The summed E-state index contributed by atoms with van der Waals surface area (Å²) in [7, 11) is 0. The molecule has 7 heavy (non-hydrogen) atoms. The number of aromatic nitrogens is 2. The topological polar surface area (TPSA) is 51.8 Å². The fourth-order valence-corrected chi connectivity index (χ4v) is 0.691. The Morgan fingerprint density at radius 1 is 1.86 bits per heavy atom. The first kappa shape index (κ1) is 4.67. The van der Waals surface area contributed by atoms with E-state index in [9.17, 15) is 0 Å². The summed E-state index contributed by atoms with van der Waals surface area (Å²) in [6.07, 6.45) is 0. The summed E-state index contributed by atoms with van der Waals surface area (Å²) in [5.74, 6) is 0. The molecule has 2 N–H and O–H groups in total. The number of nitrogens with two attached hydrogens (primary N) is 1. The minimum atomic E-state index is 0.505. The Morgan fingerprint density at radius 3 is 3.00 bits per heavy atom. The van der Waals surface area contributed by atoms with E-state index in [1.54, 1.807) is 5.51 Å². The second-order valence-corrected chi connectivity index (χ2v) is 1.95. The van der Waals surface area contributed by atoms with E-state index in [1.807, 2.05) is 0 Å². The second kappa shape index (κ2) is 1.99. The van der Waals surface area contributed by atoms with Crippen molar-refractivity contribution < 1.29 is 0 Å². The average Bonchev–Trinajstić information content (AvgIpc) is 2.14. The molecule has 1 aromatic rings. The molecule has 0 atom stereocenters. The normalized spacial score (nSPS) is 9.29. The smallest absolute Gasteiger partial charge is 0.130 e. The molecule has 1 aromatic heterocycles. The Hall–Kier alpha value is -0.480. The average molecular weight is 115 g/mol. The van der Waals surface area contributed by atoms with Gasteiger partial charge in [0.1, 0.15) is 10.5 Å². The zero-order chi connectivity index (χ0) is 5.11. The van der Waals surface area contributed by atoms with Crippen LogP contribution in [0.5, 0.6) is 0 Å². The number of hydrogen-bond donors (Lipinski definition) is 1. The highest BCUT2D eigenvalue weighted by molar-refractivity contribution is 7.09. The number of hydrogen-bond acceptors (Lipinski definition) is 4. The number of rotatable bonds is 1. The van der Waals surface area contributed by atoms with Crippen molar-refractivity contribution in [2.75, 3.05) is 0 Å². The molecule has 3 nitrogen and oxygen atoms in total. The van der Waals surface area contributed by atoms with E-state index in [1.165, 1.54) is 11.3 Å². The molecule has 0 aliphatic heterocycles. The van der Waals surface area contributed by atoms with Crippen molar-refractivity contribution in [1.82, 2.24) is 10.2 Å². The van der Waals surface area contributed by atoms with Gasteiger partial charge in [0.25, 0.3) is 0 Å². The van der Waals surface area contributed by atoms with Crippen molar-refractivity contribution in [3.63, 3.8) is 0 Å². The standard InChI is InChI=1S/C3H5N3S/c4-1-3-6-5-2-7-3/h2H,1,4H2. The first-order chi connectivity index (χ1) is 3.43. The maximum absolute atomic E-state index is 5.20. The van der Waals surface area contributed by atoms with Crippen LogP contribution in [0.15, 0.2) is 5.51 Å². The van der Waals surface area contributed by atoms with Crippen LogP contribution >= 0.6 is 11.3 Å². The molecule has 0 amide bonds. The quantitative estimate of drug-likeness (QED) is 0.560. The lowest BCUT2D eigenvalue weighted by atomic mass is 10.7. The molecular weight excluding hydrogens is 110 g/mol. The van der Waals surface area contributed by atoms with Crippen molar-refractivity contribution in [3.8, 4) is 0 Å². The van der Waals surface area contributed by atoms with Crippen LogP contribution in [0.1, 0.15) is 5.01 Å². The van der Waals surface area contributed by atoms with Crippen LogP contribution in [0.25, 0.3) is 0 Å². The monoisotopic (exact) mass is 115 g/mol. The maximum atomic E-state index is 5.20. The molecule has 0 bridgehead atoms. The molecule has 1 heterocycles. The lowest BCUT2D eigenvalue weighted by molar-refractivity contribution is 0.958. The third-order valence-corrected chi connectivity index (χ3v) is 1.30. The van der Waals surface area contributed by atoms with Gasteiger partial charge in [0.2, 0.25) is 0 Å². The van der Waals surface area contributed by atoms with Crippen LogP contribution < -0.4 is 5.73 Å². The van der Waals surface area contributed by atoms with Gasteiger partial charge >= 0.3 is 0 Å². The van der Waals surface area contributed by atoms with Gasteiger partial charge in [0.15, 0.2) is 0 Å². The zero-order valence-electron chi connectivity index (χ0n) is 3.66. The molecule has 1 rings (SSSR count). The lowest BCUT2D eigenvalue weighted by Gasteiger charge is -1.75. The Labute approximate surface area is 45.2 Å². The van der Waals surface area contributed by atoms with Crippen LogP contribution in [0.3, 0.4) is 0 Å². The maximum Gasteiger partial charge on any atom is 0.130 e. The van der Waals surface area contributed by atoms with Crippen LogP contribution in [-0.2, 0) is 6.54 Å². The highest BCUT2D eigenvalue weighted by atomic mass is 32.1. The predicted octanol–water partition coefficient (Wildman–Crippen LogP) is -0.00320. The van der Waals surface area contributed by atoms with Gasteiger partial charge in [-0.25, -0.2) is 0 Å². The van der Waals surface area contributed by atoms with E-state index in [0.29, 0.717) is 6.54 Å². The van der Waals surface area contributed by atoms with E-state index < -0.39 is 0 Å². The minimum Gasteiger partial charge on any atom is -0.324 e. The van der Waals surface area contributed by atoms with Crippen molar-refractivity contribution in [3.05, 3.63) is 10.5 Å². The van der Waals surface area contributed by atoms with Gasteiger partial charge in [-0.3, -0.25) is 0 Å². The number of nitrogens with zero attached hydrogens (tertiary/aromatic N) is 2. The molecule has 4 heteroatoms. The Balaban J connectivity index is 2.76. The molecule has 0 aliphatic rings. The van der Waals surface area contributed by atoms with Gasteiger partial charge in [-0.05, 0) is 0 Å². The van der Waals surface area contributed by atoms with Gasteiger partial charge < -0.3 is 5.73 Å². The molecular formula is C3H5N3S. The zero-order valence-corrected chi connectivity index (χ0v) is 4.48. The van der Waals surface area contributed by atoms with Gasteiger partial charge in [-0.1, -0.05) is 0 Å². The highest BCUT2D eigenvalue weighted by Gasteiger charge is 1.86. The predicted molar refractivity (Wildman–Crippen MR) is 27.8 cm³/mol. The molecule has 0 unspecified atom stereocenters. The van der Waals surface area contributed by atoms with E-state index in [0.717, 1.165) is 5.01 Å². The summed E-state index contributed by atoms with van der Waals surface area (Å²) in [6, 6.07) is 0. The summed E-state index contributed by atoms with van der Waals surface area (Å²) in [6.45, 7) is 0.505. The van der Waals surface area contributed by atoms with Gasteiger partial charge in [0, 0.05) is 6.54 Å². The summed E-state index contributed by atoms with van der Waals surface area (Å²) < 4.78 is 0. The van der Waals surface area contributed by atoms with Crippen LogP contribution in [0, 0.1) is 0 Å². The molecule has 0 fully saturated rings. The molecule has 0 spiro atoms. The first-order valence-electron chi connectivity index (χ1n) is 1.88. The van der Waals surface area contributed by atoms with Crippen molar-refractivity contribution >= 4 is 11.3 Å². The lowest BCUT2D eigenvalue weighted by Crippen LogP contribution is -1.94. The van der Waals surface area contributed by atoms with E-state index in [4.69, 9.17) is 5.73 Å². The van der Waals surface area contributed by atoms with Crippen LogP contribution in [0.2, 0.25) is 0 Å². The molecule has 0 aromatic carbocycles. The largest absolute Gasteiger partial charge is 0.324 e. The Bertz CT molecular complexity index is 125. The van der Waals surface area contributed by atoms with E-state index in [2.05, 4.69) is 10.2 Å². The van der Waals surface area contributed by atoms with Gasteiger partial charge in [-0.2, -0.15) is 0 Å². The van der Waals surface area contributed by atoms with Crippen molar-refractivity contribution in [2.45, 2.75) is 6.54 Å². The SMILES string of the molecule is NCc1nncs1. The highest BCUT2D eigenvalue weighted by Crippen LogP contribution is 1.96. The molecule has 0 aliphatic carbocycles. The van der Waals surface area contributed by atoms with Crippen LogP contribution in [0.4, 0.5) is 0 Å². The third-order valence-electron chi connectivity index (χ3n) is 0.580. The van der Waals surface area contributed by atoms with Crippen molar-refractivity contribution in [2.24, 2.45) is 5.73 Å². The first-order valence-corrected chi connectivity index (χ1v) is 2.76. The van der Waals surface area contributed by atoms with Gasteiger partial charge in [0.05, 0.1) is 0 Å². The van der Waals surface area contributed by atoms with Gasteiger partial charge in [-0.15, -0.1) is 21.5 Å². The molecule has 0 radical (unpaired) electrons. The van der Waals surface area contributed by atoms with E-state index >= 15 is 0 Å². The van der Waals surface area contributed by atoms with Crippen LogP contribution in [-0.4, -0.2) is 10.2 Å². The second-order valence-electron chi connectivity index (χ2n) is 1.04. The fraction of sp³-hybridized carbons (Fsp3) is 0.333. The summed E-state index contributed by atoms with van der Waals surface area (Å²) in [5.41, 5.74) is 6.87. The van der Waals surface area contributed by atoms with Crippen molar-refractivity contribution in [1.29, 1.82) is 0 Å². The molecule has 38 valence electrons. The third kappa shape index (κ3) is 0.942. The summed E-state index contributed by atoms with van der Waals surface area (Å²) in [5, 5.41) is 8.15. The van der Waals surface area contributed by atoms with E-state index in [-0.39, 0.29) is 0 Å². The Kier molecular flexibility index (Phi) is 1.33. The summed E-state index contributed by atoms with van der Waals surface area (Å²) in [4.78, 5) is 0. The molecule has 0 saturated heterocycles. The molecule has 0 saturated carbocycles. The fourth-order valence-electron chi connectivity index (χ4n) is 0.285. The minimum absolute atomic E-state index is 0.505. The Morgan fingerprint density at radius 2 is 2.71 bits per heavy atom.